The third kappa shape index (κ3) is 3.62. The fourth-order valence-corrected chi connectivity index (χ4v) is 1.91. The van der Waals surface area contributed by atoms with Gasteiger partial charge >= 0.3 is 0 Å². The Morgan fingerprint density at radius 1 is 1.35 bits per heavy atom. The van der Waals surface area contributed by atoms with Crippen molar-refractivity contribution in [2.45, 2.75) is 13.3 Å². The SMILES string of the molecule is Cc1ccc(OCCc2ccnn2C)c(C#CCO)c1. The van der Waals surface area contributed by atoms with E-state index in [0.29, 0.717) is 6.61 Å². The molecule has 0 radical (unpaired) electrons. The Hall–Kier alpha value is -2.25. The summed E-state index contributed by atoms with van der Waals surface area (Å²) in [6.45, 7) is 2.42. The van der Waals surface area contributed by atoms with Crippen LogP contribution in [0.2, 0.25) is 0 Å². The number of aryl methyl sites for hydroxylation is 2. The zero-order valence-electron chi connectivity index (χ0n) is 11.8. The first-order valence-electron chi connectivity index (χ1n) is 6.51. The van der Waals surface area contributed by atoms with Gasteiger partial charge in [-0.05, 0) is 30.7 Å². The van der Waals surface area contributed by atoms with Crippen LogP contribution in [0.25, 0.3) is 0 Å². The molecule has 2 rings (SSSR count). The molecule has 104 valence electrons. The van der Waals surface area contributed by atoms with Crippen LogP contribution in [0.5, 0.6) is 5.75 Å². The van der Waals surface area contributed by atoms with Crippen LogP contribution in [0.15, 0.2) is 30.5 Å². The summed E-state index contributed by atoms with van der Waals surface area (Å²) in [7, 11) is 1.92. The molecule has 0 bridgehead atoms. The molecule has 0 fully saturated rings. The highest BCUT2D eigenvalue weighted by Crippen LogP contribution is 2.19. The van der Waals surface area contributed by atoms with Crippen LogP contribution in [0.4, 0.5) is 0 Å². The molecule has 2 aromatic rings. The van der Waals surface area contributed by atoms with Crippen molar-refractivity contribution in [2.24, 2.45) is 7.05 Å². The highest BCUT2D eigenvalue weighted by molar-refractivity contribution is 5.48. The normalized spacial score (nSPS) is 9.95. The molecule has 0 spiro atoms. The van der Waals surface area contributed by atoms with Crippen LogP contribution in [0.1, 0.15) is 16.8 Å². The van der Waals surface area contributed by atoms with Crippen molar-refractivity contribution in [3.63, 3.8) is 0 Å². The molecule has 0 aliphatic rings. The highest BCUT2D eigenvalue weighted by Gasteiger charge is 2.03. The first kappa shape index (κ1) is 14.2. The maximum Gasteiger partial charge on any atom is 0.134 e. The summed E-state index contributed by atoms with van der Waals surface area (Å²) >= 11 is 0. The predicted molar refractivity (Wildman–Crippen MR) is 77.5 cm³/mol. The molecular formula is C16H18N2O2. The maximum absolute atomic E-state index is 8.80. The van der Waals surface area contributed by atoms with Gasteiger partial charge in [0.05, 0.1) is 12.2 Å². The molecule has 1 aromatic carbocycles. The van der Waals surface area contributed by atoms with Crippen molar-refractivity contribution in [1.29, 1.82) is 0 Å². The van der Waals surface area contributed by atoms with Gasteiger partial charge in [0.2, 0.25) is 0 Å². The topological polar surface area (TPSA) is 47.3 Å². The van der Waals surface area contributed by atoms with Crippen LogP contribution in [0.3, 0.4) is 0 Å². The summed E-state index contributed by atoms with van der Waals surface area (Å²) in [5.41, 5.74) is 3.05. The van der Waals surface area contributed by atoms with E-state index in [1.54, 1.807) is 6.20 Å². The van der Waals surface area contributed by atoms with Gasteiger partial charge in [-0.1, -0.05) is 17.9 Å². The van der Waals surface area contributed by atoms with E-state index in [1.165, 1.54) is 0 Å². The van der Waals surface area contributed by atoms with E-state index in [1.807, 2.05) is 42.9 Å². The predicted octanol–water partition coefficient (Wildman–Crippen LogP) is 1.69. The molecule has 1 N–H and O–H groups in total. The summed E-state index contributed by atoms with van der Waals surface area (Å²) in [5, 5.41) is 12.9. The van der Waals surface area contributed by atoms with Gasteiger partial charge in [0.25, 0.3) is 0 Å². The minimum Gasteiger partial charge on any atom is -0.492 e. The number of ether oxygens (including phenoxy) is 1. The highest BCUT2D eigenvalue weighted by atomic mass is 16.5. The second-order valence-corrected chi connectivity index (χ2v) is 4.50. The summed E-state index contributed by atoms with van der Waals surface area (Å²) in [6.07, 6.45) is 2.57. The Morgan fingerprint density at radius 2 is 2.20 bits per heavy atom. The van der Waals surface area contributed by atoms with E-state index in [-0.39, 0.29) is 6.61 Å². The molecule has 1 aromatic heterocycles. The van der Waals surface area contributed by atoms with Crippen molar-refractivity contribution in [3.05, 3.63) is 47.3 Å². The molecular weight excluding hydrogens is 252 g/mol. The van der Waals surface area contributed by atoms with Crippen LogP contribution >= 0.6 is 0 Å². The number of hydrogen-bond donors (Lipinski definition) is 1. The fraction of sp³-hybridized carbons (Fsp3) is 0.312. The number of benzene rings is 1. The van der Waals surface area contributed by atoms with Gasteiger partial charge in [-0.3, -0.25) is 4.68 Å². The van der Waals surface area contributed by atoms with E-state index < -0.39 is 0 Å². The number of nitrogens with zero attached hydrogens (tertiary/aromatic N) is 2. The molecule has 0 amide bonds. The number of hydrogen-bond acceptors (Lipinski definition) is 3. The van der Waals surface area contributed by atoms with Gasteiger partial charge in [-0.25, -0.2) is 0 Å². The lowest BCUT2D eigenvalue weighted by Crippen LogP contribution is -2.06. The minimum atomic E-state index is -0.150. The summed E-state index contributed by atoms with van der Waals surface area (Å²) in [6, 6.07) is 7.84. The Balaban J connectivity index is 2.03. The van der Waals surface area contributed by atoms with Crippen molar-refractivity contribution in [2.75, 3.05) is 13.2 Å². The van der Waals surface area contributed by atoms with Crippen molar-refractivity contribution in [3.8, 4) is 17.6 Å². The number of aliphatic hydroxyl groups is 1. The molecule has 20 heavy (non-hydrogen) atoms. The third-order valence-electron chi connectivity index (χ3n) is 2.98. The van der Waals surface area contributed by atoms with E-state index in [0.717, 1.165) is 29.0 Å². The van der Waals surface area contributed by atoms with Crippen molar-refractivity contribution < 1.29 is 9.84 Å². The molecule has 4 nitrogen and oxygen atoms in total. The maximum atomic E-state index is 8.80. The number of aliphatic hydroxyl groups excluding tert-OH is 1. The second-order valence-electron chi connectivity index (χ2n) is 4.50. The molecule has 0 aliphatic heterocycles. The molecule has 1 heterocycles. The molecule has 0 saturated carbocycles. The molecule has 0 aliphatic carbocycles. The molecule has 0 atom stereocenters. The Bertz CT molecular complexity index is 635. The quantitative estimate of drug-likeness (QED) is 0.860. The molecule has 0 unspecified atom stereocenters. The standard InChI is InChI=1S/C16H18N2O2/c1-13-5-6-16(14(12-13)4-3-10-19)20-11-8-15-7-9-17-18(15)2/h5-7,9,12,19H,8,10-11H2,1-2H3. The average molecular weight is 270 g/mol. The summed E-state index contributed by atoms with van der Waals surface area (Å²) in [4.78, 5) is 0. The lowest BCUT2D eigenvalue weighted by atomic mass is 10.1. The van der Waals surface area contributed by atoms with Gasteiger partial charge in [0.1, 0.15) is 12.4 Å². The van der Waals surface area contributed by atoms with Gasteiger partial charge in [0.15, 0.2) is 0 Å². The van der Waals surface area contributed by atoms with Crippen molar-refractivity contribution >= 4 is 0 Å². The zero-order chi connectivity index (χ0) is 14.4. The van der Waals surface area contributed by atoms with E-state index in [2.05, 4.69) is 16.9 Å². The third-order valence-corrected chi connectivity index (χ3v) is 2.98. The Kier molecular flexibility index (Phi) is 4.80. The Morgan fingerprint density at radius 3 is 2.90 bits per heavy atom. The lowest BCUT2D eigenvalue weighted by Gasteiger charge is -2.09. The van der Waals surface area contributed by atoms with Gasteiger partial charge in [-0.15, -0.1) is 0 Å². The van der Waals surface area contributed by atoms with Crippen LogP contribution in [0, 0.1) is 18.8 Å². The van der Waals surface area contributed by atoms with E-state index >= 15 is 0 Å². The largest absolute Gasteiger partial charge is 0.492 e. The fourth-order valence-electron chi connectivity index (χ4n) is 1.91. The zero-order valence-corrected chi connectivity index (χ0v) is 11.8. The van der Waals surface area contributed by atoms with Gasteiger partial charge < -0.3 is 9.84 Å². The monoisotopic (exact) mass is 270 g/mol. The first-order valence-corrected chi connectivity index (χ1v) is 6.51. The van der Waals surface area contributed by atoms with Crippen LogP contribution in [-0.4, -0.2) is 28.1 Å². The first-order chi connectivity index (χ1) is 9.70. The number of aromatic nitrogens is 2. The minimum absolute atomic E-state index is 0.150. The Labute approximate surface area is 119 Å². The van der Waals surface area contributed by atoms with E-state index in [9.17, 15) is 0 Å². The van der Waals surface area contributed by atoms with Crippen LogP contribution < -0.4 is 4.74 Å². The molecule has 4 heteroatoms. The van der Waals surface area contributed by atoms with E-state index in [4.69, 9.17) is 9.84 Å². The summed E-state index contributed by atoms with van der Waals surface area (Å²) in [5.74, 6) is 6.32. The second kappa shape index (κ2) is 6.78. The number of rotatable bonds is 4. The smallest absolute Gasteiger partial charge is 0.134 e. The average Bonchev–Trinajstić information content (AvgIpc) is 2.84. The van der Waals surface area contributed by atoms with Gasteiger partial charge in [0, 0.05) is 25.4 Å². The summed E-state index contributed by atoms with van der Waals surface area (Å²) < 4.78 is 7.63. The van der Waals surface area contributed by atoms with Gasteiger partial charge in [-0.2, -0.15) is 5.10 Å². The molecule has 0 saturated heterocycles. The van der Waals surface area contributed by atoms with Crippen LogP contribution in [-0.2, 0) is 13.5 Å². The van der Waals surface area contributed by atoms with Crippen molar-refractivity contribution in [1.82, 2.24) is 9.78 Å². The lowest BCUT2D eigenvalue weighted by molar-refractivity contribution is 0.317.